The lowest BCUT2D eigenvalue weighted by atomic mass is 9.87. The van der Waals surface area contributed by atoms with Gasteiger partial charge in [-0.1, -0.05) is 45.0 Å². The first-order valence-corrected chi connectivity index (χ1v) is 10.2. The zero-order valence-corrected chi connectivity index (χ0v) is 18.4. The van der Waals surface area contributed by atoms with Crippen molar-refractivity contribution in [3.63, 3.8) is 0 Å². The van der Waals surface area contributed by atoms with Crippen LogP contribution in [0.25, 0.3) is 0 Å². The molecular weight excluding hydrogens is 388 g/mol. The van der Waals surface area contributed by atoms with Crippen LogP contribution < -0.4 is 15.4 Å². The summed E-state index contributed by atoms with van der Waals surface area (Å²) >= 11 is 0. The van der Waals surface area contributed by atoms with Crippen molar-refractivity contribution < 1.29 is 14.3 Å². The molecule has 5 heteroatoms. The van der Waals surface area contributed by atoms with Gasteiger partial charge in [-0.2, -0.15) is 0 Å². The van der Waals surface area contributed by atoms with E-state index in [0.717, 1.165) is 11.3 Å². The predicted octanol–water partition coefficient (Wildman–Crippen LogP) is 5.18. The number of ether oxygens (including phenoxy) is 1. The van der Waals surface area contributed by atoms with Crippen LogP contribution in [0.3, 0.4) is 0 Å². The van der Waals surface area contributed by atoms with E-state index in [4.69, 9.17) is 4.74 Å². The third-order valence-corrected chi connectivity index (χ3v) is 5.03. The normalized spacial score (nSPS) is 11.0. The van der Waals surface area contributed by atoms with Crippen LogP contribution in [-0.2, 0) is 12.0 Å². The van der Waals surface area contributed by atoms with E-state index in [2.05, 4.69) is 31.4 Å². The zero-order valence-electron chi connectivity index (χ0n) is 18.4. The number of methoxy groups -OCH3 is 1. The van der Waals surface area contributed by atoms with Gasteiger partial charge in [-0.25, -0.2) is 0 Å². The lowest BCUT2D eigenvalue weighted by Crippen LogP contribution is -2.23. The highest BCUT2D eigenvalue weighted by Crippen LogP contribution is 2.22. The molecule has 31 heavy (non-hydrogen) atoms. The van der Waals surface area contributed by atoms with E-state index >= 15 is 0 Å². The highest BCUT2D eigenvalue weighted by atomic mass is 16.5. The summed E-state index contributed by atoms with van der Waals surface area (Å²) in [4.78, 5) is 24.8. The lowest BCUT2D eigenvalue weighted by molar-refractivity contribution is 0.0949. The molecule has 0 fully saturated rings. The maximum atomic E-state index is 12.4. The summed E-state index contributed by atoms with van der Waals surface area (Å²) in [6, 6.07) is 22.0. The largest absolute Gasteiger partial charge is 0.497 e. The van der Waals surface area contributed by atoms with E-state index in [-0.39, 0.29) is 17.2 Å². The van der Waals surface area contributed by atoms with E-state index in [1.165, 1.54) is 5.56 Å². The topological polar surface area (TPSA) is 67.4 Å². The van der Waals surface area contributed by atoms with Gasteiger partial charge in [0.05, 0.1) is 7.11 Å². The molecule has 3 rings (SSSR count). The average Bonchev–Trinajstić information content (AvgIpc) is 2.78. The van der Waals surface area contributed by atoms with Crippen LogP contribution in [0.2, 0.25) is 0 Å². The third-order valence-electron chi connectivity index (χ3n) is 5.03. The summed E-state index contributed by atoms with van der Waals surface area (Å²) in [5.41, 5.74) is 4.02. The Morgan fingerprint density at radius 1 is 0.774 bits per heavy atom. The molecule has 0 bridgehead atoms. The van der Waals surface area contributed by atoms with Crippen LogP contribution >= 0.6 is 0 Å². The molecule has 0 saturated carbocycles. The Bertz CT molecular complexity index is 1030. The van der Waals surface area contributed by atoms with Crippen LogP contribution in [0.4, 0.5) is 5.69 Å². The molecule has 0 saturated heterocycles. The number of anilines is 1. The van der Waals surface area contributed by atoms with Crippen LogP contribution in [0.1, 0.15) is 52.6 Å². The summed E-state index contributed by atoms with van der Waals surface area (Å²) in [5.74, 6) is 0.413. The summed E-state index contributed by atoms with van der Waals surface area (Å²) in [7, 11) is 1.60. The molecule has 2 N–H and O–H groups in total. The second-order valence-corrected chi connectivity index (χ2v) is 8.39. The van der Waals surface area contributed by atoms with Gasteiger partial charge in [-0.3, -0.25) is 9.59 Å². The third kappa shape index (κ3) is 5.95. The van der Waals surface area contributed by atoms with Crippen molar-refractivity contribution in [2.24, 2.45) is 0 Å². The van der Waals surface area contributed by atoms with Crippen LogP contribution in [0.15, 0.2) is 72.8 Å². The molecule has 3 aromatic rings. The highest BCUT2D eigenvalue weighted by molar-refractivity contribution is 6.04. The summed E-state index contributed by atoms with van der Waals surface area (Å²) in [6.45, 7) is 6.81. The minimum absolute atomic E-state index is 0.0520. The minimum Gasteiger partial charge on any atom is -0.497 e. The molecule has 0 aliphatic rings. The van der Waals surface area contributed by atoms with Gasteiger partial charge in [0.1, 0.15) is 5.75 Å². The van der Waals surface area contributed by atoms with Gasteiger partial charge in [0.15, 0.2) is 0 Å². The first kappa shape index (κ1) is 22.1. The first-order valence-electron chi connectivity index (χ1n) is 10.2. The molecule has 2 amide bonds. The fourth-order valence-corrected chi connectivity index (χ4v) is 3.06. The molecule has 0 atom stereocenters. The number of rotatable bonds is 6. The molecule has 3 aromatic carbocycles. The van der Waals surface area contributed by atoms with Crippen molar-refractivity contribution in [3.05, 3.63) is 95.1 Å². The molecule has 0 heterocycles. The predicted molar refractivity (Wildman–Crippen MR) is 124 cm³/mol. The van der Waals surface area contributed by atoms with Crippen LogP contribution in [0.5, 0.6) is 5.75 Å². The summed E-state index contributed by atoms with van der Waals surface area (Å²) in [5, 5.41) is 5.77. The van der Waals surface area contributed by atoms with Gasteiger partial charge in [0.2, 0.25) is 0 Å². The molecule has 0 spiro atoms. The number of nitrogens with one attached hydrogen (secondary N) is 2. The van der Waals surface area contributed by atoms with Gasteiger partial charge in [-0.15, -0.1) is 0 Å². The van der Waals surface area contributed by atoms with Gasteiger partial charge in [-0.05, 0) is 65.1 Å². The number of hydrogen-bond donors (Lipinski definition) is 2. The summed E-state index contributed by atoms with van der Waals surface area (Å²) in [6.07, 6.45) is 0. The molecule has 160 valence electrons. The Kier molecular flexibility index (Phi) is 6.75. The quantitative estimate of drug-likeness (QED) is 0.582. The molecular formula is C26H28N2O3. The van der Waals surface area contributed by atoms with E-state index < -0.39 is 0 Å². The van der Waals surface area contributed by atoms with Crippen molar-refractivity contribution in [1.82, 2.24) is 5.32 Å². The van der Waals surface area contributed by atoms with Crippen molar-refractivity contribution in [3.8, 4) is 5.75 Å². The smallest absolute Gasteiger partial charge is 0.255 e. The Labute approximate surface area is 183 Å². The molecule has 0 radical (unpaired) electrons. The van der Waals surface area contributed by atoms with E-state index in [9.17, 15) is 9.59 Å². The maximum Gasteiger partial charge on any atom is 0.255 e. The molecule has 0 aliphatic carbocycles. The van der Waals surface area contributed by atoms with Crippen LogP contribution in [-0.4, -0.2) is 18.9 Å². The van der Waals surface area contributed by atoms with E-state index in [1.54, 1.807) is 43.5 Å². The van der Waals surface area contributed by atoms with Crippen molar-refractivity contribution in [2.75, 3.05) is 12.4 Å². The minimum atomic E-state index is -0.195. The molecule has 0 unspecified atom stereocenters. The van der Waals surface area contributed by atoms with Gasteiger partial charge in [0, 0.05) is 23.4 Å². The average molecular weight is 417 g/mol. The van der Waals surface area contributed by atoms with Gasteiger partial charge in [0.25, 0.3) is 11.8 Å². The van der Waals surface area contributed by atoms with Crippen LogP contribution in [0, 0.1) is 0 Å². The highest BCUT2D eigenvalue weighted by Gasteiger charge is 2.14. The molecule has 0 aromatic heterocycles. The number of amides is 2. The van der Waals surface area contributed by atoms with Gasteiger partial charge >= 0.3 is 0 Å². The Hall–Kier alpha value is -3.60. The maximum absolute atomic E-state index is 12.4. The number of hydrogen-bond acceptors (Lipinski definition) is 3. The van der Waals surface area contributed by atoms with E-state index in [0.29, 0.717) is 23.4 Å². The van der Waals surface area contributed by atoms with Crippen molar-refractivity contribution in [1.29, 1.82) is 0 Å². The SMILES string of the molecule is COc1ccc(NC(=O)c2ccc(CNC(=O)c3ccc(C(C)(C)C)cc3)cc2)cc1. The lowest BCUT2D eigenvalue weighted by Gasteiger charge is -2.19. The monoisotopic (exact) mass is 416 g/mol. The van der Waals surface area contributed by atoms with Crippen molar-refractivity contribution in [2.45, 2.75) is 32.7 Å². The first-order chi connectivity index (χ1) is 14.8. The van der Waals surface area contributed by atoms with E-state index in [1.807, 2.05) is 36.4 Å². The standard InChI is InChI=1S/C26H28N2O3/c1-26(2,3)21-11-9-19(10-12-21)24(29)27-17-18-5-7-20(8-6-18)25(30)28-22-13-15-23(31-4)16-14-22/h5-16H,17H2,1-4H3,(H,27,29)(H,28,30). The fourth-order valence-electron chi connectivity index (χ4n) is 3.06. The van der Waals surface area contributed by atoms with Gasteiger partial charge < -0.3 is 15.4 Å². The molecule has 5 nitrogen and oxygen atoms in total. The second kappa shape index (κ2) is 9.47. The number of carbonyl (C=O) groups is 2. The Morgan fingerprint density at radius 3 is 1.87 bits per heavy atom. The Morgan fingerprint density at radius 2 is 1.32 bits per heavy atom. The zero-order chi connectivity index (χ0) is 22.4. The second-order valence-electron chi connectivity index (χ2n) is 8.39. The number of carbonyl (C=O) groups excluding carboxylic acids is 2. The Balaban J connectivity index is 1.55. The molecule has 0 aliphatic heterocycles. The van der Waals surface area contributed by atoms with Crippen molar-refractivity contribution >= 4 is 17.5 Å². The number of benzene rings is 3. The fraction of sp³-hybridized carbons (Fsp3) is 0.231. The summed E-state index contributed by atoms with van der Waals surface area (Å²) < 4.78 is 5.12.